The zero-order chi connectivity index (χ0) is 20.9. The molecule has 0 atom stereocenters. The Morgan fingerprint density at radius 2 is 1.93 bits per heavy atom. The van der Waals surface area contributed by atoms with E-state index in [2.05, 4.69) is 58.1 Å². The Labute approximate surface area is 174 Å². The maximum Gasteiger partial charge on any atom is 0.233 e. The smallest absolute Gasteiger partial charge is 0.233 e. The third-order valence-corrected chi connectivity index (χ3v) is 4.83. The van der Waals surface area contributed by atoms with Gasteiger partial charge in [0.1, 0.15) is 17.5 Å². The minimum absolute atomic E-state index is 0.308. The normalized spacial score (nSPS) is 14.4. The zero-order valence-electron chi connectivity index (χ0n) is 16.9. The molecule has 0 unspecified atom stereocenters. The second-order valence-electron chi connectivity index (χ2n) is 6.95. The van der Waals surface area contributed by atoms with Crippen LogP contribution >= 0.6 is 0 Å². The fourth-order valence-corrected chi connectivity index (χ4v) is 3.07. The van der Waals surface area contributed by atoms with Crippen molar-refractivity contribution in [2.45, 2.75) is 13.3 Å². The Morgan fingerprint density at radius 3 is 2.63 bits per heavy atom. The molecular weight excluding hydrogens is 380 g/mol. The first-order valence-electron chi connectivity index (χ1n) is 9.79. The third kappa shape index (κ3) is 4.31. The van der Waals surface area contributed by atoms with E-state index >= 15 is 0 Å². The van der Waals surface area contributed by atoms with Crippen LogP contribution in [-0.4, -0.2) is 68.0 Å². The summed E-state index contributed by atoms with van der Waals surface area (Å²) in [7, 11) is 2.10. The molecule has 0 aromatic carbocycles. The number of nitrogens with one attached hydrogen (secondary N) is 1. The highest BCUT2D eigenvalue weighted by Crippen LogP contribution is 2.21. The summed E-state index contributed by atoms with van der Waals surface area (Å²) in [6.07, 6.45) is 5.52. The van der Waals surface area contributed by atoms with E-state index in [4.69, 9.17) is 0 Å². The average Bonchev–Trinajstić information content (AvgIpc) is 2.80. The molecule has 1 fully saturated rings. The molecule has 4 rings (SSSR count). The molecule has 1 aliphatic rings. The van der Waals surface area contributed by atoms with Crippen molar-refractivity contribution < 1.29 is 0 Å². The van der Waals surface area contributed by atoms with Gasteiger partial charge in [-0.2, -0.15) is 20.2 Å². The molecule has 3 aromatic heterocycles. The van der Waals surface area contributed by atoms with Gasteiger partial charge in [-0.1, -0.05) is 6.92 Å². The predicted molar refractivity (Wildman–Crippen MR) is 112 cm³/mol. The maximum atomic E-state index is 9.49. The Morgan fingerprint density at radius 1 is 1.10 bits per heavy atom. The molecule has 0 saturated carbocycles. The second kappa shape index (κ2) is 8.75. The molecule has 0 aliphatic carbocycles. The van der Waals surface area contributed by atoms with Crippen LogP contribution in [0.15, 0.2) is 30.7 Å². The van der Waals surface area contributed by atoms with Crippen molar-refractivity contribution in [2.24, 2.45) is 0 Å². The lowest BCUT2D eigenvalue weighted by molar-refractivity contribution is 0.311. The summed E-state index contributed by atoms with van der Waals surface area (Å²) in [6, 6.07) is 5.79. The summed E-state index contributed by atoms with van der Waals surface area (Å²) in [4.78, 5) is 31.0. The first kappa shape index (κ1) is 19.6. The number of pyridine rings is 1. The van der Waals surface area contributed by atoms with Gasteiger partial charge in [0.15, 0.2) is 11.6 Å². The fourth-order valence-electron chi connectivity index (χ4n) is 3.07. The lowest BCUT2D eigenvalue weighted by Crippen LogP contribution is -2.45. The standard InChI is InChI=1S/C20H22N10/c1-3-16-24-19(28-20(25-16)30-9-7-29(2)8-10-30)27-18-15(11-21)13-23-17(26-18)14-5-4-6-22-12-14/h4-6,12-13H,3,7-10H2,1-2H3,(H,23,24,25,26,27,28). The highest BCUT2D eigenvalue weighted by molar-refractivity contribution is 5.63. The van der Waals surface area contributed by atoms with Gasteiger partial charge < -0.3 is 15.1 Å². The SMILES string of the molecule is CCc1nc(Nc2nc(-c3cccnc3)ncc2C#N)nc(N2CCN(C)CC2)n1. The van der Waals surface area contributed by atoms with E-state index in [-0.39, 0.29) is 0 Å². The quantitative estimate of drug-likeness (QED) is 0.674. The van der Waals surface area contributed by atoms with Crippen molar-refractivity contribution in [3.05, 3.63) is 42.1 Å². The monoisotopic (exact) mass is 402 g/mol. The molecule has 4 heterocycles. The summed E-state index contributed by atoms with van der Waals surface area (Å²) in [5.41, 5.74) is 1.07. The number of anilines is 3. The van der Waals surface area contributed by atoms with Crippen molar-refractivity contribution in [3.8, 4) is 17.5 Å². The molecule has 3 aromatic rings. The van der Waals surface area contributed by atoms with Gasteiger partial charge in [-0.25, -0.2) is 9.97 Å². The van der Waals surface area contributed by atoms with Gasteiger partial charge in [-0.3, -0.25) is 4.98 Å². The second-order valence-corrected chi connectivity index (χ2v) is 6.95. The minimum Gasteiger partial charge on any atom is -0.338 e. The van der Waals surface area contributed by atoms with Crippen LogP contribution in [0.4, 0.5) is 17.7 Å². The highest BCUT2D eigenvalue weighted by atomic mass is 15.3. The number of piperazine rings is 1. The molecule has 0 radical (unpaired) electrons. The summed E-state index contributed by atoms with van der Waals surface area (Å²) in [5.74, 6) is 2.50. The molecule has 10 nitrogen and oxygen atoms in total. The molecule has 30 heavy (non-hydrogen) atoms. The predicted octanol–water partition coefficient (Wildman–Crippen LogP) is 1.65. The maximum absolute atomic E-state index is 9.49. The number of hydrogen-bond donors (Lipinski definition) is 1. The van der Waals surface area contributed by atoms with Gasteiger partial charge in [0, 0.05) is 50.6 Å². The van der Waals surface area contributed by atoms with E-state index in [1.54, 1.807) is 12.4 Å². The third-order valence-electron chi connectivity index (χ3n) is 4.83. The van der Waals surface area contributed by atoms with E-state index in [1.165, 1.54) is 6.20 Å². The molecule has 10 heteroatoms. The van der Waals surface area contributed by atoms with Gasteiger partial charge in [0.05, 0.1) is 6.20 Å². The van der Waals surface area contributed by atoms with Crippen LogP contribution in [0.1, 0.15) is 18.3 Å². The number of likely N-dealkylation sites (N-methyl/N-ethyl adjacent to an activating group) is 1. The van der Waals surface area contributed by atoms with Crippen LogP contribution in [0.5, 0.6) is 0 Å². The Bertz CT molecular complexity index is 1050. The van der Waals surface area contributed by atoms with Crippen LogP contribution in [0.2, 0.25) is 0 Å². The summed E-state index contributed by atoms with van der Waals surface area (Å²) < 4.78 is 0. The van der Waals surface area contributed by atoms with E-state index in [0.717, 1.165) is 31.7 Å². The van der Waals surface area contributed by atoms with Crippen molar-refractivity contribution >= 4 is 17.7 Å². The molecule has 1 N–H and O–H groups in total. The first-order chi connectivity index (χ1) is 14.7. The number of aromatic nitrogens is 6. The zero-order valence-corrected chi connectivity index (χ0v) is 16.9. The number of hydrogen-bond acceptors (Lipinski definition) is 10. The summed E-state index contributed by atoms with van der Waals surface area (Å²) in [5, 5.41) is 12.6. The minimum atomic E-state index is 0.308. The average molecular weight is 402 g/mol. The van der Waals surface area contributed by atoms with Gasteiger partial charge in [0.2, 0.25) is 11.9 Å². The van der Waals surface area contributed by atoms with Crippen LogP contribution in [-0.2, 0) is 6.42 Å². The number of nitrogens with zero attached hydrogens (tertiary/aromatic N) is 9. The molecule has 152 valence electrons. The van der Waals surface area contributed by atoms with Crippen LogP contribution in [0, 0.1) is 11.3 Å². The van der Waals surface area contributed by atoms with E-state index in [0.29, 0.717) is 41.3 Å². The van der Waals surface area contributed by atoms with Gasteiger partial charge in [0.25, 0.3) is 0 Å². The lowest BCUT2D eigenvalue weighted by Gasteiger charge is -2.32. The molecule has 1 saturated heterocycles. The van der Waals surface area contributed by atoms with Crippen LogP contribution in [0.3, 0.4) is 0 Å². The van der Waals surface area contributed by atoms with Gasteiger partial charge in [-0.05, 0) is 19.2 Å². The van der Waals surface area contributed by atoms with Gasteiger partial charge in [-0.15, -0.1) is 0 Å². The Kier molecular flexibility index (Phi) is 5.72. The van der Waals surface area contributed by atoms with Crippen LogP contribution in [0.25, 0.3) is 11.4 Å². The molecular formula is C20H22N10. The number of nitriles is 1. The molecule has 0 spiro atoms. The van der Waals surface area contributed by atoms with Crippen LogP contribution < -0.4 is 10.2 Å². The molecule has 0 amide bonds. The summed E-state index contributed by atoms with van der Waals surface area (Å²) >= 11 is 0. The molecule has 1 aliphatic heterocycles. The number of aryl methyl sites for hydroxylation is 1. The fraction of sp³-hybridized carbons (Fsp3) is 0.350. The molecule has 0 bridgehead atoms. The van der Waals surface area contributed by atoms with Gasteiger partial charge >= 0.3 is 0 Å². The first-order valence-corrected chi connectivity index (χ1v) is 9.79. The van der Waals surface area contributed by atoms with E-state index in [9.17, 15) is 5.26 Å². The largest absolute Gasteiger partial charge is 0.338 e. The topological polar surface area (TPSA) is 120 Å². The van der Waals surface area contributed by atoms with Crippen molar-refractivity contribution in [3.63, 3.8) is 0 Å². The lowest BCUT2D eigenvalue weighted by atomic mass is 10.2. The van der Waals surface area contributed by atoms with Crippen molar-refractivity contribution in [2.75, 3.05) is 43.4 Å². The van der Waals surface area contributed by atoms with Crippen molar-refractivity contribution in [1.29, 1.82) is 5.26 Å². The Hall–Kier alpha value is -3.71. The van der Waals surface area contributed by atoms with E-state index in [1.807, 2.05) is 19.1 Å². The number of rotatable bonds is 5. The van der Waals surface area contributed by atoms with Crippen molar-refractivity contribution in [1.82, 2.24) is 34.8 Å². The summed E-state index contributed by atoms with van der Waals surface area (Å²) in [6.45, 7) is 5.61. The highest BCUT2D eigenvalue weighted by Gasteiger charge is 2.19. The van der Waals surface area contributed by atoms with E-state index < -0.39 is 0 Å². The Balaban J connectivity index is 1.66.